The number of rotatable bonds is 7. The van der Waals surface area contributed by atoms with Crippen molar-refractivity contribution >= 4 is 17.5 Å². The Hall–Kier alpha value is -2.83. The lowest BCUT2D eigenvalue weighted by molar-refractivity contribution is -0.122. The summed E-state index contributed by atoms with van der Waals surface area (Å²) in [7, 11) is 1.48. The average molecular weight is 332 g/mol. The van der Waals surface area contributed by atoms with E-state index < -0.39 is 6.10 Å². The van der Waals surface area contributed by atoms with Gasteiger partial charge in [0.15, 0.2) is 29.2 Å². The normalized spacial score (nSPS) is 11.7. The molecule has 7 nitrogen and oxygen atoms in total. The van der Waals surface area contributed by atoms with E-state index >= 15 is 0 Å². The van der Waals surface area contributed by atoms with Crippen molar-refractivity contribution in [3.63, 3.8) is 0 Å². The minimum Gasteiger partial charge on any atom is -0.493 e. The van der Waals surface area contributed by atoms with Crippen molar-refractivity contribution in [1.29, 1.82) is 0 Å². The van der Waals surface area contributed by atoms with Crippen LogP contribution in [0, 0.1) is 6.92 Å². The van der Waals surface area contributed by atoms with Crippen molar-refractivity contribution in [3.8, 4) is 11.5 Å². The number of amides is 1. The highest BCUT2D eigenvalue weighted by Crippen LogP contribution is 2.29. The van der Waals surface area contributed by atoms with E-state index in [0.29, 0.717) is 35.1 Å². The third kappa shape index (κ3) is 4.13. The minimum absolute atomic E-state index is 0.0777. The van der Waals surface area contributed by atoms with Crippen LogP contribution in [0.5, 0.6) is 11.5 Å². The van der Waals surface area contributed by atoms with Crippen LogP contribution >= 0.6 is 0 Å². The lowest BCUT2D eigenvalue weighted by atomic mass is 10.1. The number of ketones is 1. The van der Waals surface area contributed by atoms with Gasteiger partial charge in [-0.1, -0.05) is 12.1 Å². The highest BCUT2D eigenvalue weighted by Gasteiger charge is 2.21. The molecule has 1 heterocycles. The van der Waals surface area contributed by atoms with Crippen LogP contribution in [-0.2, 0) is 4.79 Å². The summed E-state index contributed by atoms with van der Waals surface area (Å²) in [6.07, 6.45) is -0.292. The van der Waals surface area contributed by atoms with Gasteiger partial charge >= 0.3 is 0 Å². The molecule has 0 aliphatic carbocycles. The summed E-state index contributed by atoms with van der Waals surface area (Å²) in [5, 5.41) is 6.36. The summed E-state index contributed by atoms with van der Waals surface area (Å²) >= 11 is 0. The van der Waals surface area contributed by atoms with Crippen LogP contribution < -0.4 is 14.8 Å². The summed E-state index contributed by atoms with van der Waals surface area (Å²) in [5.41, 5.74) is 0.509. The van der Waals surface area contributed by atoms with Crippen LogP contribution in [0.2, 0.25) is 0 Å². The van der Waals surface area contributed by atoms with Gasteiger partial charge in [-0.15, -0.1) is 0 Å². The number of nitrogens with one attached hydrogen (secondary N) is 1. The number of aryl methyl sites for hydroxylation is 1. The molecule has 0 saturated carbocycles. The first-order chi connectivity index (χ1) is 11.4. The lowest BCUT2D eigenvalue weighted by Crippen LogP contribution is -2.32. The Morgan fingerprint density at radius 1 is 1.29 bits per heavy atom. The molecule has 1 aromatic heterocycles. The van der Waals surface area contributed by atoms with Gasteiger partial charge in [0, 0.05) is 11.6 Å². The smallest absolute Gasteiger partial charge is 0.266 e. The van der Waals surface area contributed by atoms with Gasteiger partial charge in [-0.05, 0) is 38.5 Å². The van der Waals surface area contributed by atoms with E-state index in [0.717, 1.165) is 0 Å². The molecule has 0 radical (unpaired) electrons. The first-order valence-corrected chi connectivity index (χ1v) is 7.54. The summed E-state index contributed by atoms with van der Waals surface area (Å²) in [6, 6.07) is 6.45. The van der Waals surface area contributed by atoms with Crippen molar-refractivity contribution in [2.75, 3.05) is 12.4 Å². The Kier molecular flexibility index (Phi) is 5.57. The van der Waals surface area contributed by atoms with Crippen LogP contribution in [0.15, 0.2) is 28.8 Å². The van der Waals surface area contributed by atoms with Crippen molar-refractivity contribution in [3.05, 3.63) is 35.6 Å². The SMILES string of the molecule is CC[C@H](Oc1ccc(C(C)=O)cc1OC)C(=O)Nc1cc(C)on1. The third-order valence-corrected chi connectivity index (χ3v) is 3.38. The molecule has 1 amide bonds. The zero-order valence-corrected chi connectivity index (χ0v) is 14.1. The van der Waals surface area contributed by atoms with Crippen molar-refractivity contribution in [2.45, 2.75) is 33.3 Å². The van der Waals surface area contributed by atoms with Gasteiger partial charge in [0.05, 0.1) is 7.11 Å². The number of ether oxygens (including phenoxy) is 2. The summed E-state index contributed by atoms with van der Waals surface area (Å²) in [5.74, 6) is 1.29. The number of carbonyl (C=O) groups excluding carboxylic acids is 2. The molecular weight excluding hydrogens is 312 g/mol. The molecule has 2 rings (SSSR count). The maximum absolute atomic E-state index is 12.3. The number of carbonyl (C=O) groups is 2. The van der Waals surface area contributed by atoms with Gasteiger partial charge in [0.2, 0.25) is 0 Å². The topological polar surface area (TPSA) is 90.7 Å². The molecule has 0 unspecified atom stereocenters. The fraction of sp³-hybridized carbons (Fsp3) is 0.353. The molecule has 1 aromatic carbocycles. The Bertz CT molecular complexity index is 738. The molecule has 7 heteroatoms. The second-order valence-electron chi connectivity index (χ2n) is 5.25. The van der Waals surface area contributed by atoms with E-state index in [1.807, 2.05) is 6.92 Å². The average Bonchev–Trinajstić information content (AvgIpc) is 2.97. The van der Waals surface area contributed by atoms with Crippen LogP contribution in [-0.4, -0.2) is 30.1 Å². The second kappa shape index (κ2) is 7.63. The zero-order valence-electron chi connectivity index (χ0n) is 14.1. The van der Waals surface area contributed by atoms with Gasteiger partial charge in [0.25, 0.3) is 5.91 Å². The molecule has 0 spiro atoms. The Balaban J connectivity index is 2.14. The van der Waals surface area contributed by atoms with E-state index in [9.17, 15) is 9.59 Å². The zero-order chi connectivity index (χ0) is 17.7. The van der Waals surface area contributed by atoms with Crippen LogP contribution in [0.3, 0.4) is 0 Å². The Morgan fingerprint density at radius 2 is 2.04 bits per heavy atom. The molecule has 0 saturated heterocycles. The third-order valence-electron chi connectivity index (χ3n) is 3.38. The van der Waals surface area contributed by atoms with E-state index in [-0.39, 0.29) is 11.7 Å². The molecule has 1 atom stereocenters. The van der Waals surface area contributed by atoms with E-state index in [4.69, 9.17) is 14.0 Å². The van der Waals surface area contributed by atoms with Crippen LogP contribution in [0.4, 0.5) is 5.82 Å². The monoisotopic (exact) mass is 332 g/mol. The maximum Gasteiger partial charge on any atom is 0.266 e. The molecular formula is C17H20N2O5. The molecule has 1 N–H and O–H groups in total. The number of Topliss-reactive ketones (excluding diaryl/α,β-unsaturated/α-hetero) is 1. The van der Waals surface area contributed by atoms with Crippen molar-refractivity contribution < 1.29 is 23.6 Å². The highest BCUT2D eigenvalue weighted by molar-refractivity contribution is 5.95. The summed E-state index contributed by atoms with van der Waals surface area (Å²) in [6.45, 7) is 5.03. The molecule has 24 heavy (non-hydrogen) atoms. The molecule has 0 aliphatic rings. The number of nitrogens with zero attached hydrogens (tertiary/aromatic N) is 1. The van der Waals surface area contributed by atoms with Gasteiger partial charge in [-0.25, -0.2) is 0 Å². The second-order valence-corrected chi connectivity index (χ2v) is 5.25. The predicted molar refractivity (Wildman–Crippen MR) is 87.6 cm³/mol. The standard InChI is InChI=1S/C17H20N2O5/c1-5-13(17(21)18-16-8-10(2)24-19-16)23-14-7-6-12(11(3)20)9-15(14)22-4/h6-9,13H,5H2,1-4H3,(H,18,19,21)/t13-/m0/s1. The van der Waals surface area contributed by atoms with Crippen molar-refractivity contribution in [2.24, 2.45) is 0 Å². The summed E-state index contributed by atoms with van der Waals surface area (Å²) < 4.78 is 15.9. The van der Waals surface area contributed by atoms with Crippen LogP contribution in [0.25, 0.3) is 0 Å². The van der Waals surface area contributed by atoms with E-state index in [1.165, 1.54) is 14.0 Å². The summed E-state index contributed by atoms with van der Waals surface area (Å²) in [4.78, 5) is 23.8. The number of methoxy groups -OCH3 is 1. The fourth-order valence-electron chi connectivity index (χ4n) is 2.09. The molecule has 128 valence electrons. The lowest BCUT2D eigenvalue weighted by Gasteiger charge is -2.18. The number of hydrogen-bond donors (Lipinski definition) is 1. The maximum atomic E-state index is 12.3. The number of hydrogen-bond acceptors (Lipinski definition) is 6. The molecule has 2 aromatic rings. The fourth-order valence-corrected chi connectivity index (χ4v) is 2.09. The molecule has 0 fully saturated rings. The molecule has 0 aliphatic heterocycles. The van der Waals surface area contributed by atoms with Crippen molar-refractivity contribution in [1.82, 2.24) is 5.16 Å². The Labute approximate surface area is 139 Å². The first-order valence-electron chi connectivity index (χ1n) is 7.54. The predicted octanol–water partition coefficient (Wildman–Crippen LogP) is 2.99. The number of aromatic nitrogens is 1. The largest absolute Gasteiger partial charge is 0.493 e. The quantitative estimate of drug-likeness (QED) is 0.784. The van der Waals surface area contributed by atoms with E-state index in [1.54, 1.807) is 31.2 Å². The van der Waals surface area contributed by atoms with Gasteiger partial charge in [-0.3, -0.25) is 9.59 Å². The first kappa shape index (κ1) is 17.5. The van der Waals surface area contributed by atoms with Gasteiger partial charge < -0.3 is 19.3 Å². The minimum atomic E-state index is -0.737. The highest BCUT2D eigenvalue weighted by atomic mass is 16.5. The number of benzene rings is 1. The van der Waals surface area contributed by atoms with E-state index in [2.05, 4.69) is 10.5 Å². The number of anilines is 1. The Morgan fingerprint density at radius 3 is 2.58 bits per heavy atom. The molecule has 0 bridgehead atoms. The van der Waals surface area contributed by atoms with Gasteiger partial charge in [-0.2, -0.15) is 0 Å². The van der Waals surface area contributed by atoms with Crippen LogP contribution in [0.1, 0.15) is 36.4 Å². The van der Waals surface area contributed by atoms with Gasteiger partial charge in [0.1, 0.15) is 5.76 Å².